The summed E-state index contributed by atoms with van der Waals surface area (Å²) >= 11 is 0. The van der Waals surface area contributed by atoms with Crippen LogP contribution in [0.15, 0.2) is 18.2 Å². The van der Waals surface area contributed by atoms with Crippen LogP contribution in [0.5, 0.6) is 5.75 Å². The molecule has 2 amide bonds. The lowest BCUT2D eigenvalue weighted by Crippen LogP contribution is -2.50. The third-order valence-electron chi connectivity index (χ3n) is 3.49. The van der Waals surface area contributed by atoms with E-state index in [2.05, 4.69) is 0 Å². The smallest absolute Gasteiger partial charge is 0.254 e. The first-order valence-corrected chi connectivity index (χ1v) is 6.48. The van der Waals surface area contributed by atoms with Crippen LogP contribution in [0.25, 0.3) is 0 Å². The third kappa shape index (κ3) is 2.74. The monoisotopic (exact) mass is 280 g/mol. The summed E-state index contributed by atoms with van der Waals surface area (Å²) in [4.78, 5) is 25.2. The summed E-state index contributed by atoms with van der Waals surface area (Å²) in [7, 11) is 1.35. The molecule has 20 heavy (non-hydrogen) atoms. The van der Waals surface area contributed by atoms with Crippen molar-refractivity contribution in [1.29, 1.82) is 0 Å². The molecule has 6 heteroatoms. The van der Waals surface area contributed by atoms with Gasteiger partial charge < -0.3 is 15.4 Å². The van der Waals surface area contributed by atoms with Crippen molar-refractivity contribution in [1.82, 2.24) is 4.90 Å². The van der Waals surface area contributed by atoms with Gasteiger partial charge in [-0.05, 0) is 37.5 Å². The molecule has 0 bridgehead atoms. The molecule has 1 aliphatic heterocycles. The van der Waals surface area contributed by atoms with Gasteiger partial charge in [0.1, 0.15) is 6.04 Å². The van der Waals surface area contributed by atoms with Crippen LogP contribution in [-0.2, 0) is 4.79 Å². The van der Waals surface area contributed by atoms with Crippen molar-refractivity contribution < 1.29 is 18.7 Å². The van der Waals surface area contributed by atoms with Crippen LogP contribution in [-0.4, -0.2) is 36.4 Å². The standard InChI is InChI=1S/C14H17FN2O3/c1-20-12-6-5-9(8-10(12)15)14(19)17-7-3-2-4-11(17)13(16)18/h5-6,8,11H,2-4,7H2,1H3,(H2,16,18)/t11-/m0/s1. The van der Waals surface area contributed by atoms with Gasteiger partial charge in [0, 0.05) is 12.1 Å². The fourth-order valence-corrected chi connectivity index (χ4v) is 2.44. The number of benzene rings is 1. The van der Waals surface area contributed by atoms with Gasteiger partial charge in [-0.15, -0.1) is 0 Å². The number of methoxy groups -OCH3 is 1. The van der Waals surface area contributed by atoms with E-state index in [-0.39, 0.29) is 17.2 Å². The van der Waals surface area contributed by atoms with E-state index in [0.717, 1.165) is 18.9 Å². The Morgan fingerprint density at radius 2 is 2.15 bits per heavy atom. The van der Waals surface area contributed by atoms with E-state index in [4.69, 9.17) is 10.5 Å². The maximum atomic E-state index is 13.6. The first-order chi connectivity index (χ1) is 9.54. The van der Waals surface area contributed by atoms with Crippen LogP contribution >= 0.6 is 0 Å². The van der Waals surface area contributed by atoms with Gasteiger partial charge in [-0.1, -0.05) is 0 Å². The molecule has 0 aliphatic carbocycles. The van der Waals surface area contributed by atoms with Crippen molar-refractivity contribution in [3.63, 3.8) is 0 Å². The van der Waals surface area contributed by atoms with Crippen LogP contribution in [0.3, 0.4) is 0 Å². The average molecular weight is 280 g/mol. The number of primary amides is 1. The lowest BCUT2D eigenvalue weighted by atomic mass is 10.00. The Morgan fingerprint density at radius 1 is 1.40 bits per heavy atom. The first-order valence-electron chi connectivity index (χ1n) is 6.48. The molecule has 1 atom stereocenters. The number of piperidine rings is 1. The second-order valence-electron chi connectivity index (χ2n) is 4.76. The summed E-state index contributed by atoms with van der Waals surface area (Å²) in [5.74, 6) is -1.43. The Hall–Kier alpha value is -2.11. The SMILES string of the molecule is COc1ccc(C(=O)N2CCCC[C@H]2C(N)=O)cc1F. The van der Waals surface area contributed by atoms with Gasteiger partial charge in [-0.3, -0.25) is 9.59 Å². The van der Waals surface area contributed by atoms with E-state index < -0.39 is 17.8 Å². The Bertz CT molecular complexity index is 533. The minimum Gasteiger partial charge on any atom is -0.494 e. The number of likely N-dealkylation sites (tertiary alicyclic amines) is 1. The van der Waals surface area contributed by atoms with Gasteiger partial charge in [0.2, 0.25) is 5.91 Å². The highest BCUT2D eigenvalue weighted by Crippen LogP contribution is 2.22. The summed E-state index contributed by atoms with van der Waals surface area (Å²) in [6.45, 7) is 0.458. The minimum atomic E-state index is -0.610. The number of ether oxygens (including phenoxy) is 1. The second-order valence-corrected chi connectivity index (χ2v) is 4.76. The molecule has 1 heterocycles. The molecule has 1 saturated heterocycles. The first kappa shape index (κ1) is 14.3. The predicted octanol–water partition coefficient (Wildman–Crippen LogP) is 1.31. The number of nitrogens with zero attached hydrogens (tertiary/aromatic N) is 1. The van der Waals surface area contributed by atoms with E-state index in [1.54, 1.807) is 0 Å². The quantitative estimate of drug-likeness (QED) is 0.907. The topological polar surface area (TPSA) is 72.6 Å². The number of carbonyl (C=O) groups excluding carboxylic acids is 2. The number of carbonyl (C=O) groups is 2. The number of nitrogens with two attached hydrogens (primary N) is 1. The molecule has 2 rings (SSSR count). The Balaban J connectivity index is 2.25. The zero-order valence-electron chi connectivity index (χ0n) is 11.3. The highest BCUT2D eigenvalue weighted by Gasteiger charge is 2.31. The van der Waals surface area contributed by atoms with Crippen LogP contribution < -0.4 is 10.5 Å². The van der Waals surface area contributed by atoms with E-state index in [9.17, 15) is 14.0 Å². The molecule has 0 unspecified atom stereocenters. The van der Waals surface area contributed by atoms with Crippen molar-refractivity contribution >= 4 is 11.8 Å². The van der Waals surface area contributed by atoms with Gasteiger partial charge in [0.15, 0.2) is 11.6 Å². The molecule has 108 valence electrons. The third-order valence-corrected chi connectivity index (χ3v) is 3.49. The zero-order chi connectivity index (χ0) is 14.7. The number of hydrogen-bond donors (Lipinski definition) is 1. The molecule has 0 saturated carbocycles. The van der Waals surface area contributed by atoms with Crippen LogP contribution in [0, 0.1) is 5.82 Å². The largest absolute Gasteiger partial charge is 0.494 e. The van der Waals surface area contributed by atoms with Crippen molar-refractivity contribution in [3.05, 3.63) is 29.6 Å². The van der Waals surface area contributed by atoms with Crippen LogP contribution in [0.2, 0.25) is 0 Å². The highest BCUT2D eigenvalue weighted by atomic mass is 19.1. The molecule has 1 aromatic rings. The lowest BCUT2D eigenvalue weighted by Gasteiger charge is -2.33. The minimum absolute atomic E-state index is 0.0756. The van der Waals surface area contributed by atoms with Gasteiger partial charge >= 0.3 is 0 Å². The molecule has 2 N–H and O–H groups in total. The normalized spacial score (nSPS) is 18.7. The molecule has 1 aliphatic rings. The van der Waals surface area contributed by atoms with Crippen molar-refractivity contribution in [2.75, 3.05) is 13.7 Å². The molecule has 1 fully saturated rings. The van der Waals surface area contributed by atoms with Gasteiger partial charge in [0.25, 0.3) is 5.91 Å². The molecule has 0 spiro atoms. The van der Waals surface area contributed by atoms with Gasteiger partial charge in [-0.2, -0.15) is 0 Å². The lowest BCUT2D eigenvalue weighted by molar-refractivity contribution is -0.123. The van der Waals surface area contributed by atoms with E-state index in [0.29, 0.717) is 13.0 Å². The molecule has 1 aromatic carbocycles. The molecule has 0 radical (unpaired) electrons. The Kier molecular flexibility index (Phi) is 4.22. The fraction of sp³-hybridized carbons (Fsp3) is 0.429. The molecule has 5 nitrogen and oxygen atoms in total. The summed E-state index contributed by atoms with van der Waals surface area (Å²) in [5, 5.41) is 0. The highest BCUT2D eigenvalue weighted by molar-refractivity contribution is 5.97. The van der Waals surface area contributed by atoms with Gasteiger partial charge in [0.05, 0.1) is 7.11 Å². The van der Waals surface area contributed by atoms with Crippen LogP contribution in [0.1, 0.15) is 29.6 Å². The predicted molar refractivity (Wildman–Crippen MR) is 70.8 cm³/mol. The molecule has 0 aromatic heterocycles. The maximum absolute atomic E-state index is 13.6. The molecular formula is C14H17FN2O3. The summed E-state index contributed by atoms with van der Waals surface area (Å²) in [5.41, 5.74) is 5.51. The number of amides is 2. The van der Waals surface area contributed by atoms with E-state index in [1.807, 2.05) is 0 Å². The van der Waals surface area contributed by atoms with Gasteiger partial charge in [-0.25, -0.2) is 4.39 Å². The summed E-state index contributed by atoms with van der Waals surface area (Å²) in [6.07, 6.45) is 2.22. The molecular weight excluding hydrogens is 263 g/mol. The van der Waals surface area contributed by atoms with Crippen LogP contribution in [0.4, 0.5) is 4.39 Å². The number of rotatable bonds is 3. The Labute approximate surface area is 116 Å². The average Bonchev–Trinajstić information content (AvgIpc) is 2.46. The second kappa shape index (κ2) is 5.90. The van der Waals surface area contributed by atoms with E-state index >= 15 is 0 Å². The Morgan fingerprint density at radius 3 is 2.75 bits per heavy atom. The number of halogens is 1. The summed E-state index contributed by atoms with van der Waals surface area (Å²) in [6, 6.07) is 3.39. The van der Waals surface area contributed by atoms with Crippen molar-refractivity contribution in [2.24, 2.45) is 5.73 Å². The zero-order valence-corrected chi connectivity index (χ0v) is 11.3. The maximum Gasteiger partial charge on any atom is 0.254 e. The fourth-order valence-electron chi connectivity index (χ4n) is 2.44. The summed E-state index contributed by atoms with van der Waals surface area (Å²) < 4.78 is 18.5. The van der Waals surface area contributed by atoms with E-state index in [1.165, 1.54) is 24.1 Å². The van der Waals surface area contributed by atoms with Crippen molar-refractivity contribution in [2.45, 2.75) is 25.3 Å². The number of hydrogen-bond acceptors (Lipinski definition) is 3. The van der Waals surface area contributed by atoms with Crippen molar-refractivity contribution in [3.8, 4) is 5.75 Å².